The summed E-state index contributed by atoms with van der Waals surface area (Å²) in [6.07, 6.45) is 0. The van der Waals surface area contributed by atoms with Crippen LogP contribution in [-0.2, 0) is 5.75 Å². The van der Waals surface area contributed by atoms with E-state index in [1.165, 1.54) is 16.3 Å². The van der Waals surface area contributed by atoms with Crippen LogP contribution in [0.2, 0.25) is 0 Å². The lowest BCUT2D eigenvalue weighted by Gasteiger charge is -2.04. The molecule has 0 aliphatic heterocycles. The fourth-order valence-electron chi connectivity index (χ4n) is 2.00. The van der Waals surface area contributed by atoms with Crippen LogP contribution >= 0.6 is 34.9 Å². The minimum atomic E-state index is 0.937. The Morgan fingerprint density at radius 3 is 2.55 bits per heavy atom. The highest BCUT2D eigenvalue weighted by atomic mass is 32.2. The van der Waals surface area contributed by atoms with Gasteiger partial charge in [-0.3, -0.25) is 0 Å². The van der Waals surface area contributed by atoms with Gasteiger partial charge in [-0.15, -0.1) is 10.2 Å². The molecular weight excluding hydrogens is 304 g/mol. The molecule has 0 N–H and O–H groups in total. The van der Waals surface area contributed by atoms with Crippen molar-refractivity contribution in [2.24, 2.45) is 0 Å². The van der Waals surface area contributed by atoms with Crippen molar-refractivity contribution in [1.82, 2.24) is 10.2 Å². The van der Waals surface area contributed by atoms with Crippen LogP contribution in [0.1, 0.15) is 12.5 Å². The van der Waals surface area contributed by atoms with Crippen molar-refractivity contribution in [3.05, 3.63) is 48.0 Å². The van der Waals surface area contributed by atoms with E-state index >= 15 is 0 Å². The maximum atomic E-state index is 4.24. The summed E-state index contributed by atoms with van der Waals surface area (Å²) in [5, 5.41) is 11.1. The molecule has 5 heteroatoms. The number of benzene rings is 2. The molecule has 0 saturated carbocycles. The van der Waals surface area contributed by atoms with Gasteiger partial charge in [0.2, 0.25) is 0 Å². The molecule has 0 radical (unpaired) electrons. The molecule has 0 amide bonds. The zero-order valence-corrected chi connectivity index (χ0v) is 13.5. The fourth-order valence-corrected chi connectivity index (χ4v) is 4.92. The quantitative estimate of drug-likeness (QED) is 0.612. The van der Waals surface area contributed by atoms with Crippen molar-refractivity contribution >= 4 is 45.6 Å². The van der Waals surface area contributed by atoms with Crippen molar-refractivity contribution < 1.29 is 0 Å². The van der Waals surface area contributed by atoms with Gasteiger partial charge in [0.25, 0.3) is 0 Å². The number of hydrogen-bond donors (Lipinski definition) is 0. The standard InChI is InChI=1S/C15H14N2S3/c1-2-18-14-16-17-15(20-14)19-10-12-8-5-7-11-6-3-4-9-13(11)12/h3-9H,2,10H2,1H3. The second kappa shape index (κ2) is 6.61. The molecule has 2 aromatic carbocycles. The molecule has 0 saturated heterocycles. The van der Waals surface area contributed by atoms with Crippen molar-refractivity contribution in [2.75, 3.05) is 5.75 Å². The largest absolute Gasteiger partial charge is 0.175 e. The summed E-state index contributed by atoms with van der Waals surface area (Å²) >= 11 is 5.20. The molecule has 0 fully saturated rings. The fraction of sp³-hybridized carbons (Fsp3) is 0.200. The monoisotopic (exact) mass is 318 g/mol. The zero-order valence-electron chi connectivity index (χ0n) is 11.1. The van der Waals surface area contributed by atoms with Crippen LogP contribution in [0.4, 0.5) is 0 Å². The molecule has 102 valence electrons. The van der Waals surface area contributed by atoms with E-state index in [2.05, 4.69) is 59.6 Å². The molecule has 0 unspecified atom stereocenters. The van der Waals surface area contributed by atoms with Crippen LogP contribution in [0.25, 0.3) is 10.8 Å². The summed E-state index contributed by atoms with van der Waals surface area (Å²) in [5.41, 5.74) is 1.35. The molecule has 3 aromatic rings. The number of fused-ring (bicyclic) bond motifs is 1. The Labute approximate surface area is 131 Å². The van der Waals surface area contributed by atoms with E-state index in [1.54, 1.807) is 34.9 Å². The third-order valence-corrected chi connectivity index (χ3v) is 6.01. The predicted molar refractivity (Wildman–Crippen MR) is 89.8 cm³/mol. The number of thioether (sulfide) groups is 2. The summed E-state index contributed by atoms with van der Waals surface area (Å²) in [5.74, 6) is 1.98. The minimum absolute atomic E-state index is 0.937. The van der Waals surface area contributed by atoms with Gasteiger partial charge >= 0.3 is 0 Å². The Bertz CT molecular complexity index is 704. The lowest BCUT2D eigenvalue weighted by atomic mass is 10.1. The number of nitrogens with zero attached hydrogens (tertiary/aromatic N) is 2. The van der Waals surface area contributed by atoms with E-state index < -0.39 is 0 Å². The first-order valence-corrected chi connectivity index (χ1v) is 9.21. The average Bonchev–Trinajstić information content (AvgIpc) is 2.93. The van der Waals surface area contributed by atoms with Crippen LogP contribution in [-0.4, -0.2) is 16.0 Å². The first-order valence-electron chi connectivity index (χ1n) is 6.42. The van der Waals surface area contributed by atoms with E-state index in [9.17, 15) is 0 Å². The highest BCUT2D eigenvalue weighted by molar-refractivity contribution is 8.02. The highest BCUT2D eigenvalue weighted by Crippen LogP contribution is 2.32. The zero-order chi connectivity index (χ0) is 13.8. The Hall–Kier alpha value is -1.04. The average molecular weight is 318 g/mol. The third-order valence-electron chi connectivity index (χ3n) is 2.89. The minimum Gasteiger partial charge on any atom is -0.131 e. The molecule has 0 bridgehead atoms. The summed E-state index contributed by atoms with van der Waals surface area (Å²) in [7, 11) is 0. The Kier molecular flexibility index (Phi) is 4.60. The molecule has 0 atom stereocenters. The van der Waals surface area contributed by atoms with Gasteiger partial charge in [0.15, 0.2) is 8.68 Å². The molecule has 2 nitrogen and oxygen atoms in total. The first kappa shape index (κ1) is 13.9. The maximum Gasteiger partial charge on any atom is 0.175 e. The van der Waals surface area contributed by atoms with Gasteiger partial charge < -0.3 is 0 Å². The number of hydrogen-bond acceptors (Lipinski definition) is 5. The Balaban J connectivity index is 1.76. The summed E-state index contributed by atoms with van der Waals surface area (Å²) in [6.45, 7) is 2.13. The van der Waals surface area contributed by atoms with Crippen molar-refractivity contribution in [2.45, 2.75) is 21.4 Å². The van der Waals surface area contributed by atoms with E-state index in [0.29, 0.717) is 0 Å². The van der Waals surface area contributed by atoms with E-state index in [4.69, 9.17) is 0 Å². The molecular formula is C15H14N2S3. The highest BCUT2D eigenvalue weighted by Gasteiger charge is 2.06. The normalized spacial score (nSPS) is 11.1. The number of rotatable bonds is 5. The molecule has 1 heterocycles. The summed E-state index contributed by atoms with van der Waals surface area (Å²) in [6, 6.07) is 15.0. The van der Waals surface area contributed by atoms with Gasteiger partial charge in [0.05, 0.1) is 0 Å². The van der Waals surface area contributed by atoms with E-state index in [0.717, 1.165) is 20.2 Å². The Morgan fingerprint density at radius 2 is 1.70 bits per heavy atom. The first-order chi connectivity index (χ1) is 9.86. The Morgan fingerprint density at radius 1 is 0.950 bits per heavy atom. The van der Waals surface area contributed by atoms with Crippen LogP contribution in [0, 0.1) is 0 Å². The van der Waals surface area contributed by atoms with Crippen molar-refractivity contribution in [3.8, 4) is 0 Å². The topological polar surface area (TPSA) is 25.8 Å². The molecule has 20 heavy (non-hydrogen) atoms. The molecule has 3 rings (SSSR count). The smallest absolute Gasteiger partial charge is 0.131 e. The van der Waals surface area contributed by atoms with Gasteiger partial charge in [-0.1, -0.05) is 84.2 Å². The van der Waals surface area contributed by atoms with Crippen LogP contribution in [0.5, 0.6) is 0 Å². The van der Waals surface area contributed by atoms with E-state index in [1.807, 2.05) is 0 Å². The second-order valence-electron chi connectivity index (χ2n) is 4.19. The molecule has 0 spiro atoms. The van der Waals surface area contributed by atoms with Gasteiger partial charge in [-0.25, -0.2) is 0 Å². The maximum absolute atomic E-state index is 4.24. The van der Waals surface area contributed by atoms with Crippen LogP contribution in [0.3, 0.4) is 0 Å². The molecule has 1 aromatic heterocycles. The van der Waals surface area contributed by atoms with Crippen LogP contribution in [0.15, 0.2) is 51.1 Å². The van der Waals surface area contributed by atoms with Gasteiger partial charge in [0, 0.05) is 5.75 Å². The molecule has 0 aliphatic carbocycles. The van der Waals surface area contributed by atoms with E-state index in [-0.39, 0.29) is 0 Å². The van der Waals surface area contributed by atoms with Gasteiger partial charge in [-0.2, -0.15) is 0 Å². The number of aromatic nitrogens is 2. The molecule has 0 aliphatic rings. The lowest BCUT2D eigenvalue weighted by molar-refractivity contribution is 0.954. The third kappa shape index (κ3) is 3.16. The van der Waals surface area contributed by atoms with Crippen molar-refractivity contribution in [3.63, 3.8) is 0 Å². The van der Waals surface area contributed by atoms with Gasteiger partial charge in [0.1, 0.15) is 0 Å². The lowest BCUT2D eigenvalue weighted by Crippen LogP contribution is -1.83. The SMILES string of the molecule is CCSc1nnc(SCc2cccc3ccccc23)s1. The summed E-state index contributed by atoms with van der Waals surface area (Å²) < 4.78 is 2.11. The van der Waals surface area contributed by atoms with Crippen molar-refractivity contribution in [1.29, 1.82) is 0 Å². The predicted octanol–water partition coefficient (Wildman–Crippen LogP) is 5.10. The second-order valence-corrected chi connectivity index (χ2v) is 7.90. The van der Waals surface area contributed by atoms with Gasteiger partial charge in [-0.05, 0) is 22.1 Å². The van der Waals surface area contributed by atoms with Crippen LogP contribution < -0.4 is 0 Å². The summed E-state index contributed by atoms with van der Waals surface area (Å²) in [4.78, 5) is 0.